The first-order chi connectivity index (χ1) is 10.6. The molecule has 4 atom stereocenters. The first-order valence-corrected chi connectivity index (χ1v) is 9.79. The molecular weight excluding hydrogens is 389 g/mol. The van der Waals surface area contributed by atoms with Crippen LogP contribution in [0.15, 0.2) is 6.07 Å². The molecule has 2 aliphatic carbocycles. The molecule has 1 aliphatic heterocycles. The molecule has 0 radical (unpaired) electrons. The zero-order chi connectivity index (χ0) is 15.3. The second-order valence-corrected chi connectivity index (χ2v) is 8.52. The number of aromatic nitrogens is 2. The van der Waals surface area contributed by atoms with Gasteiger partial charge in [-0.1, -0.05) is 0 Å². The maximum absolute atomic E-state index is 5.60. The summed E-state index contributed by atoms with van der Waals surface area (Å²) in [6, 6.07) is 3.60. The highest BCUT2D eigenvalue weighted by Crippen LogP contribution is 2.64. The van der Waals surface area contributed by atoms with E-state index in [4.69, 9.17) is 9.84 Å². The summed E-state index contributed by atoms with van der Waals surface area (Å²) < 4.78 is 9.01. The Morgan fingerprint density at radius 3 is 2.73 bits per heavy atom. The van der Waals surface area contributed by atoms with E-state index < -0.39 is 0 Å². The predicted molar refractivity (Wildman–Crippen MR) is 95.1 cm³/mol. The second-order valence-electron chi connectivity index (χ2n) is 7.41. The maximum Gasteiger partial charge on any atom is 0.123 e. The van der Waals surface area contributed by atoms with E-state index in [9.17, 15) is 0 Å². The van der Waals surface area contributed by atoms with Crippen LogP contribution in [0, 0.1) is 15.5 Å². The molecule has 5 heteroatoms. The van der Waals surface area contributed by atoms with E-state index in [2.05, 4.69) is 52.1 Å². The molecule has 4 nitrogen and oxygen atoms in total. The fourth-order valence-electron chi connectivity index (χ4n) is 4.72. The Balaban J connectivity index is 1.42. The summed E-state index contributed by atoms with van der Waals surface area (Å²) >= 11 is 2.35. The van der Waals surface area contributed by atoms with Gasteiger partial charge in [-0.25, -0.2) is 0 Å². The molecule has 22 heavy (non-hydrogen) atoms. The van der Waals surface area contributed by atoms with Gasteiger partial charge in [0, 0.05) is 43.4 Å². The monoisotopic (exact) mass is 415 g/mol. The summed E-state index contributed by atoms with van der Waals surface area (Å²) in [6.07, 6.45) is 3.97. The molecule has 0 amide bonds. The van der Waals surface area contributed by atoms with Crippen molar-refractivity contribution in [3.8, 4) is 0 Å². The average molecular weight is 415 g/mol. The van der Waals surface area contributed by atoms with E-state index in [0.717, 1.165) is 47.3 Å². The van der Waals surface area contributed by atoms with Crippen LogP contribution >= 0.6 is 22.6 Å². The van der Waals surface area contributed by atoms with Crippen LogP contribution in [0.5, 0.6) is 0 Å². The van der Waals surface area contributed by atoms with E-state index in [0.29, 0.717) is 6.04 Å². The molecule has 2 unspecified atom stereocenters. The lowest BCUT2D eigenvalue weighted by atomic mass is 10.0. The SMILES string of the molecule is CC(C)n1nc(I)cc1C1[C@H]2CC(N3CCCOCC3)C[C@@H]12. The van der Waals surface area contributed by atoms with Crippen LogP contribution in [0.2, 0.25) is 0 Å². The summed E-state index contributed by atoms with van der Waals surface area (Å²) in [5.74, 6) is 2.58. The van der Waals surface area contributed by atoms with Gasteiger partial charge < -0.3 is 4.74 Å². The van der Waals surface area contributed by atoms with Crippen molar-refractivity contribution >= 4 is 22.6 Å². The highest BCUT2D eigenvalue weighted by molar-refractivity contribution is 14.1. The van der Waals surface area contributed by atoms with Crippen LogP contribution in [0.4, 0.5) is 0 Å². The van der Waals surface area contributed by atoms with Crippen LogP contribution in [0.3, 0.4) is 0 Å². The van der Waals surface area contributed by atoms with Crippen molar-refractivity contribution in [1.82, 2.24) is 14.7 Å². The molecule has 0 aromatic carbocycles. The normalized spacial score (nSPS) is 35.6. The van der Waals surface area contributed by atoms with Crippen molar-refractivity contribution in [1.29, 1.82) is 0 Å². The number of rotatable bonds is 3. The molecule has 122 valence electrons. The molecular formula is C17H26IN3O. The molecule has 0 bridgehead atoms. The van der Waals surface area contributed by atoms with Crippen LogP contribution < -0.4 is 0 Å². The van der Waals surface area contributed by atoms with E-state index >= 15 is 0 Å². The fourth-order valence-corrected chi connectivity index (χ4v) is 5.27. The molecule has 1 aromatic rings. The molecule has 0 N–H and O–H groups in total. The molecule has 3 fully saturated rings. The number of hydrogen-bond acceptors (Lipinski definition) is 3. The Morgan fingerprint density at radius 1 is 1.23 bits per heavy atom. The molecule has 2 heterocycles. The van der Waals surface area contributed by atoms with Gasteiger partial charge in [0.25, 0.3) is 0 Å². The number of fused-ring (bicyclic) bond motifs is 1. The first-order valence-electron chi connectivity index (χ1n) is 8.72. The van der Waals surface area contributed by atoms with Crippen molar-refractivity contribution in [3.05, 3.63) is 15.5 Å². The smallest absolute Gasteiger partial charge is 0.123 e. The topological polar surface area (TPSA) is 30.3 Å². The van der Waals surface area contributed by atoms with Gasteiger partial charge >= 0.3 is 0 Å². The Bertz CT molecular complexity index is 524. The third-order valence-electron chi connectivity index (χ3n) is 5.76. The van der Waals surface area contributed by atoms with Crippen LogP contribution in [0.25, 0.3) is 0 Å². The zero-order valence-corrected chi connectivity index (χ0v) is 15.7. The van der Waals surface area contributed by atoms with Gasteiger partial charge in [0.1, 0.15) is 3.70 Å². The van der Waals surface area contributed by atoms with Gasteiger partial charge in [0.2, 0.25) is 0 Å². The van der Waals surface area contributed by atoms with Gasteiger partial charge in [0.05, 0.1) is 6.61 Å². The Hall–Kier alpha value is -0.140. The van der Waals surface area contributed by atoms with Crippen LogP contribution in [0.1, 0.15) is 50.8 Å². The zero-order valence-electron chi connectivity index (χ0n) is 13.5. The standard InChI is InChI=1S/C17H26IN3O/c1-11(2)21-15(10-16(18)19-21)17-13-8-12(9-14(13)17)20-4-3-6-22-7-5-20/h10-14,17H,3-9H2,1-2H3/t12?,13-,14+,17?. The van der Waals surface area contributed by atoms with Crippen molar-refractivity contribution in [3.63, 3.8) is 0 Å². The van der Waals surface area contributed by atoms with Gasteiger partial charge in [-0.2, -0.15) is 5.10 Å². The van der Waals surface area contributed by atoms with Crippen molar-refractivity contribution < 1.29 is 4.74 Å². The lowest BCUT2D eigenvalue weighted by molar-refractivity contribution is 0.129. The van der Waals surface area contributed by atoms with E-state index in [1.54, 1.807) is 0 Å². The summed E-state index contributed by atoms with van der Waals surface area (Å²) in [4.78, 5) is 2.69. The molecule has 3 aliphatic rings. The lowest BCUT2D eigenvalue weighted by Crippen LogP contribution is -2.36. The third-order valence-corrected chi connectivity index (χ3v) is 6.29. The minimum atomic E-state index is 0.471. The summed E-state index contributed by atoms with van der Waals surface area (Å²) in [5.41, 5.74) is 1.49. The highest BCUT2D eigenvalue weighted by Gasteiger charge is 2.58. The second kappa shape index (κ2) is 6.06. The van der Waals surface area contributed by atoms with Gasteiger partial charge in [-0.05, 0) is 73.6 Å². The number of hydrogen-bond donors (Lipinski definition) is 0. The first kappa shape index (κ1) is 15.4. The summed E-state index contributed by atoms with van der Waals surface area (Å²) in [6.45, 7) is 8.72. The van der Waals surface area contributed by atoms with E-state index in [1.807, 2.05) is 0 Å². The number of nitrogens with zero attached hydrogens (tertiary/aromatic N) is 3. The Labute approximate surface area is 146 Å². The lowest BCUT2D eigenvalue weighted by Gasteiger charge is -2.28. The Morgan fingerprint density at radius 2 is 2.00 bits per heavy atom. The van der Waals surface area contributed by atoms with Crippen LogP contribution in [-0.2, 0) is 4.74 Å². The summed E-state index contributed by atoms with van der Waals surface area (Å²) in [7, 11) is 0. The number of ether oxygens (including phenoxy) is 1. The largest absolute Gasteiger partial charge is 0.380 e. The maximum atomic E-state index is 5.60. The molecule has 4 rings (SSSR count). The molecule has 1 aromatic heterocycles. The van der Waals surface area contributed by atoms with Gasteiger partial charge in [-0.3, -0.25) is 9.58 Å². The minimum absolute atomic E-state index is 0.471. The fraction of sp³-hybridized carbons (Fsp3) is 0.824. The molecule has 0 spiro atoms. The quantitative estimate of drug-likeness (QED) is 0.710. The summed E-state index contributed by atoms with van der Waals surface area (Å²) in [5, 5.41) is 4.70. The minimum Gasteiger partial charge on any atom is -0.380 e. The third kappa shape index (κ3) is 2.73. The van der Waals surface area contributed by atoms with Crippen molar-refractivity contribution in [2.75, 3.05) is 26.3 Å². The average Bonchev–Trinajstić information content (AvgIpc) is 2.90. The van der Waals surface area contributed by atoms with Crippen LogP contribution in [-0.4, -0.2) is 47.0 Å². The van der Waals surface area contributed by atoms with Crippen molar-refractivity contribution in [2.24, 2.45) is 11.8 Å². The molecule has 2 saturated carbocycles. The number of halogens is 1. The van der Waals surface area contributed by atoms with E-state index in [-0.39, 0.29) is 0 Å². The Kier molecular flexibility index (Phi) is 4.24. The van der Waals surface area contributed by atoms with Gasteiger partial charge in [-0.15, -0.1) is 0 Å². The van der Waals surface area contributed by atoms with Gasteiger partial charge in [0.15, 0.2) is 0 Å². The van der Waals surface area contributed by atoms with Crippen molar-refractivity contribution in [2.45, 2.75) is 51.1 Å². The highest BCUT2D eigenvalue weighted by atomic mass is 127. The molecule has 1 saturated heterocycles. The predicted octanol–water partition coefficient (Wildman–Crippen LogP) is 3.28. The van der Waals surface area contributed by atoms with E-state index in [1.165, 1.54) is 31.5 Å².